The predicted molar refractivity (Wildman–Crippen MR) is 48.5 cm³/mol. The number of benzene rings is 1. The van der Waals surface area contributed by atoms with Crippen molar-refractivity contribution >= 4 is 11.6 Å². The highest BCUT2D eigenvalue weighted by atomic mass is 35.5. The summed E-state index contributed by atoms with van der Waals surface area (Å²) >= 11 is 5.42. The van der Waals surface area contributed by atoms with Crippen molar-refractivity contribution in [1.29, 1.82) is 0 Å². The first-order valence-corrected chi connectivity index (χ1v) is 3.96. The molecule has 1 unspecified atom stereocenters. The van der Waals surface area contributed by atoms with E-state index in [9.17, 15) is 8.78 Å². The van der Waals surface area contributed by atoms with Crippen LogP contribution in [0.5, 0.6) is 0 Å². The fourth-order valence-electron chi connectivity index (χ4n) is 0.990. The third kappa shape index (κ3) is 2.05. The van der Waals surface area contributed by atoms with E-state index in [4.69, 9.17) is 17.3 Å². The molecule has 70 valence electrons. The third-order valence-corrected chi connectivity index (χ3v) is 1.85. The van der Waals surface area contributed by atoms with Crippen LogP contribution < -0.4 is 5.73 Å². The Bertz CT molecular complexity index is 315. The Kier molecular flexibility index (Phi) is 3.01. The molecule has 0 aliphatic heterocycles. The molecule has 1 nitrogen and oxygen atoms in total. The van der Waals surface area contributed by atoms with Crippen LogP contribution >= 0.6 is 11.6 Å². The fourth-order valence-corrected chi connectivity index (χ4v) is 1.18. The van der Waals surface area contributed by atoms with Crippen LogP contribution in [0.4, 0.5) is 8.78 Å². The Labute approximate surface area is 79.8 Å². The topological polar surface area (TPSA) is 26.0 Å². The third-order valence-electron chi connectivity index (χ3n) is 1.63. The second kappa shape index (κ2) is 3.85. The molecule has 2 N–H and O–H groups in total. The summed E-state index contributed by atoms with van der Waals surface area (Å²) in [5.74, 6) is -1.50. The van der Waals surface area contributed by atoms with Crippen LogP contribution in [0.1, 0.15) is 11.6 Å². The average molecular weight is 204 g/mol. The molecule has 0 heterocycles. The maximum atomic E-state index is 13.1. The zero-order valence-electron chi connectivity index (χ0n) is 6.73. The number of rotatable bonds is 2. The Hall–Kier alpha value is -0.930. The monoisotopic (exact) mass is 203 g/mol. The first kappa shape index (κ1) is 10.2. The van der Waals surface area contributed by atoms with Gasteiger partial charge in [0.25, 0.3) is 0 Å². The molecule has 0 saturated heterocycles. The lowest BCUT2D eigenvalue weighted by Crippen LogP contribution is -2.11. The first-order chi connectivity index (χ1) is 6.06. The Morgan fingerprint density at radius 1 is 1.38 bits per heavy atom. The van der Waals surface area contributed by atoms with E-state index in [0.29, 0.717) is 0 Å². The van der Waals surface area contributed by atoms with Gasteiger partial charge in [-0.15, -0.1) is 6.58 Å². The van der Waals surface area contributed by atoms with E-state index in [-0.39, 0.29) is 10.6 Å². The van der Waals surface area contributed by atoms with E-state index in [1.807, 2.05) is 0 Å². The Morgan fingerprint density at radius 3 is 2.23 bits per heavy atom. The standard InChI is InChI=1S/C9H8ClF2N/c1-2-8(13)9-6(11)3-5(10)4-7(9)12/h2-4,8H,1,13H2. The molecule has 0 radical (unpaired) electrons. The van der Waals surface area contributed by atoms with Crippen LogP contribution in [0.25, 0.3) is 0 Å². The van der Waals surface area contributed by atoms with Crippen LogP contribution in [0.15, 0.2) is 24.8 Å². The predicted octanol–water partition coefficient (Wildman–Crippen LogP) is 2.80. The van der Waals surface area contributed by atoms with Gasteiger partial charge >= 0.3 is 0 Å². The molecule has 0 bridgehead atoms. The Balaban J connectivity index is 3.28. The molecule has 0 aliphatic carbocycles. The van der Waals surface area contributed by atoms with Crippen molar-refractivity contribution in [2.45, 2.75) is 6.04 Å². The lowest BCUT2D eigenvalue weighted by Gasteiger charge is -2.09. The number of halogens is 3. The van der Waals surface area contributed by atoms with Crippen molar-refractivity contribution < 1.29 is 8.78 Å². The second-order valence-corrected chi connectivity index (χ2v) is 2.98. The van der Waals surface area contributed by atoms with E-state index >= 15 is 0 Å². The normalized spacial score (nSPS) is 12.6. The minimum absolute atomic E-state index is 0.00927. The zero-order chi connectivity index (χ0) is 10.0. The van der Waals surface area contributed by atoms with E-state index in [2.05, 4.69) is 6.58 Å². The van der Waals surface area contributed by atoms with Crippen molar-refractivity contribution in [3.63, 3.8) is 0 Å². The average Bonchev–Trinajstić information content (AvgIpc) is 2.02. The summed E-state index contributed by atoms with van der Waals surface area (Å²) in [5, 5.41) is 0.00927. The number of hydrogen-bond donors (Lipinski definition) is 1. The van der Waals surface area contributed by atoms with Gasteiger partial charge in [-0.25, -0.2) is 8.78 Å². The van der Waals surface area contributed by atoms with Crippen molar-refractivity contribution in [3.05, 3.63) is 47.0 Å². The molecule has 4 heteroatoms. The smallest absolute Gasteiger partial charge is 0.132 e. The molecule has 13 heavy (non-hydrogen) atoms. The van der Waals surface area contributed by atoms with Gasteiger partial charge in [0.2, 0.25) is 0 Å². The highest BCUT2D eigenvalue weighted by Crippen LogP contribution is 2.23. The van der Waals surface area contributed by atoms with Crippen LogP contribution in [0.3, 0.4) is 0 Å². The molecular formula is C9H8ClF2N. The van der Waals surface area contributed by atoms with Gasteiger partial charge in [0.1, 0.15) is 11.6 Å². The lowest BCUT2D eigenvalue weighted by atomic mass is 10.1. The maximum absolute atomic E-state index is 13.1. The maximum Gasteiger partial charge on any atom is 0.132 e. The SMILES string of the molecule is C=CC(N)c1c(F)cc(Cl)cc1F. The molecule has 0 aromatic heterocycles. The number of nitrogens with two attached hydrogens (primary N) is 1. The van der Waals surface area contributed by atoms with Gasteiger partial charge in [0.15, 0.2) is 0 Å². The van der Waals surface area contributed by atoms with Crippen LogP contribution in [-0.4, -0.2) is 0 Å². The summed E-state index contributed by atoms with van der Waals surface area (Å²) in [5.41, 5.74) is 5.20. The van der Waals surface area contributed by atoms with Crippen molar-refractivity contribution in [3.8, 4) is 0 Å². The van der Waals surface area contributed by atoms with E-state index in [1.165, 1.54) is 6.08 Å². The van der Waals surface area contributed by atoms with Gasteiger partial charge in [-0.1, -0.05) is 17.7 Å². The minimum Gasteiger partial charge on any atom is -0.321 e. The van der Waals surface area contributed by atoms with E-state index in [1.54, 1.807) is 0 Å². The van der Waals surface area contributed by atoms with Gasteiger partial charge in [0.05, 0.1) is 6.04 Å². The first-order valence-electron chi connectivity index (χ1n) is 3.59. The highest BCUT2D eigenvalue weighted by Gasteiger charge is 2.14. The molecule has 1 atom stereocenters. The summed E-state index contributed by atoms with van der Waals surface area (Å²) in [7, 11) is 0. The lowest BCUT2D eigenvalue weighted by molar-refractivity contribution is 0.546. The fraction of sp³-hybridized carbons (Fsp3) is 0.111. The van der Waals surface area contributed by atoms with Crippen LogP contribution in [0, 0.1) is 11.6 Å². The quantitative estimate of drug-likeness (QED) is 0.735. The van der Waals surface area contributed by atoms with Crippen molar-refractivity contribution in [2.24, 2.45) is 5.73 Å². The molecule has 0 saturated carbocycles. The van der Waals surface area contributed by atoms with Gasteiger partial charge in [-0.3, -0.25) is 0 Å². The highest BCUT2D eigenvalue weighted by molar-refractivity contribution is 6.30. The zero-order valence-corrected chi connectivity index (χ0v) is 7.48. The summed E-state index contributed by atoms with van der Waals surface area (Å²) in [6, 6.07) is 1.18. The van der Waals surface area contributed by atoms with Gasteiger partial charge in [0, 0.05) is 10.6 Å². The molecule has 1 aromatic rings. The second-order valence-electron chi connectivity index (χ2n) is 2.54. The van der Waals surface area contributed by atoms with Gasteiger partial charge in [-0.2, -0.15) is 0 Å². The van der Waals surface area contributed by atoms with E-state index < -0.39 is 17.7 Å². The van der Waals surface area contributed by atoms with Gasteiger partial charge < -0.3 is 5.73 Å². The summed E-state index contributed by atoms with van der Waals surface area (Å²) in [4.78, 5) is 0. The summed E-state index contributed by atoms with van der Waals surface area (Å²) in [6.45, 7) is 3.35. The van der Waals surface area contributed by atoms with E-state index in [0.717, 1.165) is 12.1 Å². The van der Waals surface area contributed by atoms with Crippen molar-refractivity contribution in [2.75, 3.05) is 0 Å². The van der Waals surface area contributed by atoms with Gasteiger partial charge in [-0.05, 0) is 12.1 Å². The number of hydrogen-bond acceptors (Lipinski definition) is 1. The minimum atomic E-state index is -0.850. The molecule has 0 spiro atoms. The molecule has 1 rings (SSSR count). The molecule has 1 aromatic carbocycles. The molecular weight excluding hydrogens is 196 g/mol. The van der Waals surface area contributed by atoms with Crippen LogP contribution in [-0.2, 0) is 0 Å². The van der Waals surface area contributed by atoms with Crippen LogP contribution in [0.2, 0.25) is 5.02 Å². The van der Waals surface area contributed by atoms with Crippen molar-refractivity contribution in [1.82, 2.24) is 0 Å². The largest absolute Gasteiger partial charge is 0.321 e. The summed E-state index contributed by atoms with van der Waals surface area (Å²) in [6.07, 6.45) is 1.26. The Morgan fingerprint density at radius 2 is 1.85 bits per heavy atom. The molecule has 0 amide bonds. The molecule has 0 aliphatic rings. The summed E-state index contributed by atoms with van der Waals surface area (Å²) < 4.78 is 26.2. The molecule has 0 fully saturated rings.